The Balaban J connectivity index is 2.19. The highest BCUT2D eigenvalue weighted by Crippen LogP contribution is 2.16. The van der Waals surface area contributed by atoms with Crippen molar-refractivity contribution in [2.45, 2.75) is 6.10 Å². The molecule has 0 spiro atoms. The van der Waals surface area contributed by atoms with Gasteiger partial charge in [0.1, 0.15) is 12.7 Å². The van der Waals surface area contributed by atoms with Gasteiger partial charge in [-0.2, -0.15) is 16.8 Å². The van der Waals surface area contributed by atoms with Gasteiger partial charge in [-0.15, -0.1) is 0 Å². The van der Waals surface area contributed by atoms with Crippen molar-refractivity contribution in [2.24, 2.45) is 5.92 Å². The van der Waals surface area contributed by atoms with Crippen LogP contribution in [0.1, 0.15) is 20.7 Å². The molecular weight excluding hydrogens is 476 g/mol. The fourth-order valence-electron chi connectivity index (χ4n) is 2.60. The van der Waals surface area contributed by atoms with Crippen molar-refractivity contribution in [3.8, 4) is 0 Å². The molecule has 0 aliphatic heterocycles. The molecule has 0 aromatic heterocycles. The summed E-state index contributed by atoms with van der Waals surface area (Å²) >= 11 is 0. The summed E-state index contributed by atoms with van der Waals surface area (Å²) in [6.07, 6.45) is 0.198. The normalized spacial score (nSPS) is 13.6. The molecule has 2 atom stereocenters. The summed E-state index contributed by atoms with van der Waals surface area (Å²) in [5.74, 6) is -2.58. The summed E-state index contributed by atoms with van der Waals surface area (Å²) < 4.78 is 66.7. The van der Waals surface area contributed by atoms with Crippen molar-refractivity contribution in [3.63, 3.8) is 0 Å². The number of ether oxygens (including phenoxy) is 2. The number of carbonyl (C=O) groups is 2. The molecule has 0 fully saturated rings. The van der Waals surface area contributed by atoms with Gasteiger partial charge < -0.3 is 9.47 Å². The molecule has 0 N–H and O–H groups in total. The highest BCUT2D eigenvalue weighted by molar-refractivity contribution is 7.86. The smallest absolute Gasteiger partial charge is 0.338 e. The number of hydrogen-bond donors (Lipinski definition) is 0. The summed E-state index contributed by atoms with van der Waals surface area (Å²) in [5, 5.41) is 0. The zero-order valence-electron chi connectivity index (χ0n) is 17.9. The third-order valence-electron chi connectivity index (χ3n) is 4.15. The Labute approximate surface area is 192 Å². The monoisotopic (exact) mass is 500 g/mol. The van der Waals surface area contributed by atoms with E-state index in [1.165, 1.54) is 24.3 Å². The van der Waals surface area contributed by atoms with E-state index < -0.39 is 64.0 Å². The van der Waals surface area contributed by atoms with Gasteiger partial charge in [0.05, 0.1) is 36.9 Å². The Morgan fingerprint density at radius 2 is 1.15 bits per heavy atom. The maximum atomic E-state index is 12.3. The van der Waals surface area contributed by atoms with Crippen molar-refractivity contribution in [3.05, 3.63) is 71.8 Å². The Hall–Kier alpha value is -2.80. The van der Waals surface area contributed by atoms with Crippen LogP contribution in [0.5, 0.6) is 0 Å². The van der Waals surface area contributed by atoms with Crippen LogP contribution in [0.2, 0.25) is 0 Å². The molecule has 0 saturated carbocycles. The maximum Gasteiger partial charge on any atom is 0.338 e. The SMILES string of the molecule is CS(=O)(=O)OC[C@H](COC(=O)c1ccccc1)[C@@H](COC(=O)c1ccccc1)OS(C)(=O)=O. The van der Waals surface area contributed by atoms with Gasteiger partial charge in [0, 0.05) is 5.92 Å². The predicted molar refractivity (Wildman–Crippen MR) is 117 cm³/mol. The molecule has 2 aromatic rings. The van der Waals surface area contributed by atoms with Crippen LogP contribution in [0.15, 0.2) is 60.7 Å². The number of rotatable bonds is 12. The van der Waals surface area contributed by atoms with E-state index in [1.807, 2.05) is 0 Å². The van der Waals surface area contributed by atoms with E-state index in [0.29, 0.717) is 0 Å². The number of hydrogen-bond acceptors (Lipinski definition) is 10. The first-order chi connectivity index (χ1) is 15.4. The van der Waals surface area contributed by atoms with E-state index in [-0.39, 0.29) is 11.1 Å². The van der Waals surface area contributed by atoms with Gasteiger partial charge >= 0.3 is 11.9 Å². The number of carbonyl (C=O) groups excluding carboxylic acids is 2. The molecule has 0 aliphatic carbocycles. The topological polar surface area (TPSA) is 139 Å². The van der Waals surface area contributed by atoms with E-state index >= 15 is 0 Å². The van der Waals surface area contributed by atoms with Crippen molar-refractivity contribution >= 4 is 32.2 Å². The van der Waals surface area contributed by atoms with Gasteiger partial charge in [-0.05, 0) is 24.3 Å². The highest BCUT2D eigenvalue weighted by atomic mass is 32.2. The van der Waals surface area contributed by atoms with E-state index in [4.69, 9.17) is 17.8 Å². The summed E-state index contributed by atoms with van der Waals surface area (Å²) in [5.41, 5.74) is 0.450. The van der Waals surface area contributed by atoms with Crippen LogP contribution in [0.3, 0.4) is 0 Å². The minimum atomic E-state index is -4.06. The van der Waals surface area contributed by atoms with Crippen LogP contribution in [0.4, 0.5) is 0 Å². The molecule has 12 heteroatoms. The molecule has 0 heterocycles. The third kappa shape index (κ3) is 10.1. The first kappa shape index (κ1) is 26.5. The van der Waals surface area contributed by atoms with Crippen LogP contribution >= 0.6 is 0 Å². The average molecular weight is 501 g/mol. The molecule has 0 bridgehead atoms. The maximum absolute atomic E-state index is 12.3. The molecule has 2 aromatic carbocycles. The summed E-state index contributed by atoms with van der Waals surface area (Å²) in [4.78, 5) is 24.5. The first-order valence-corrected chi connectivity index (χ1v) is 13.2. The second-order valence-corrected chi connectivity index (χ2v) is 10.3. The average Bonchev–Trinajstić information content (AvgIpc) is 2.76. The summed E-state index contributed by atoms with van der Waals surface area (Å²) in [6.45, 7) is -1.61. The van der Waals surface area contributed by atoms with Crippen LogP contribution in [-0.4, -0.2) is 67.2 Å². The number of esters is 2. The molecule has 2 rings (SSSR count). The van der Waals surface area contributed by atoms with Crippen LogP contribution in [-0.2, 0) is 38.1 Å². The van der Waals surface area contributed by atoms with E-state index in [1.54, 1.807) is 36.4 Å². The Bertz CT molecular complexity index is 1130. The first-order valence-electron chi connectivity index (χ1n) is 9.61. The molecule has 0 unspecified atom stereocenters. The minimum Gasteiger partial charge on any atom is -0.462 e. The van der Waals surface area contributed by atoms with Gasteiger partial charge in [-0.1, -0.05) is 36.4 Å². The van der Waals surface area contributed by atoms with Crippen molar-refractivity contribution in [2.75, 3.05) is 32.3 Å². The van der Waals surface area contributed by atoms with Crippen LogP contribution in [0, 0.1) is 5.92 Å². The van der Waals surface area contributed by atoms with Gasteiger partial charge in [0.25, 0.3) is 20.2 Å². The van der Waals surface area contributed by atoms with Crippen molar-refractivity contribution in [1.29, 1.82) is 0 Å². The highest BCUT2D eigenvalue weighted by Gasteiger charge is 2.31. The van der Waals surface area contributed by atoms with Gasteiger partial charge in [-0.3, -0.25) is 8.37 Å². The van der Waals surface area contributed by atoms with Crippen LogP contribution < -0.4 is 0 Å². The summed E-state index contributed by atoms with van der Waals surface area (Å²) in [6, 6.07) is 15.9. The lowest BCUT2D eigenvalue weighted by Gasteiger charge is -2.25. The lowest BCUT2D eigenvalue weighted by atomic mass is 10.1. The molecule has 10 nitrogen and oxygen atoms in total. The standard InChI is InChI=1S/C21H24O10S2/c1-32(24,25)30-14-18(13-28-20(22)16-9-5-3-6-10-16)19(31-33(2,26)27)15-29-21(23)17-11-7-4-8-12-17/h3-12,18-19H,13-15H2,1-2H3/t18-,19+/m0/s1. The van der Waals surface area contributed by atoms with Crippen molar-refractivity contribution in [1.82, 2.24) is 0 Å². The molecule has 33 heavy (non-hydrogen) atoms. The zero-order valence-corrected chi connectivity index (χ0v) is 19.6. The van der Waals surface area contributed by atoms with Crippen LogP contribution in [0.25, 0.3) is 0 Å². The second-order valence-electron chi connectivity index (χ2n) is 7.02. The van der Waals surface area contributed by atoms with Gasteiger partial charge in [0.15, 0.2) is 0 Å². The fourth-order valence-corrected chi connectivity index (χ4v) is 3.68. The van der Waals surface area contributed by atoms with E-state index in [2.05, 4.69) is 0 Å². The molecule has 0 amide bonds. The van der Waals surface area contributed by atoms with E-state index in [0.717, 1.165) is 12.5 Å². The van der Waals surface area contributed by atoms with E-state index in [9.17, 15) is 26.4 Å². The largest absolute Gasteiger partial charge is 0.462 e. The third-order valence-corrected chi connectivity index (χ3v) is 5.31. The fraction of sp³-hybridized carbons (Fsp3) is 0.333. The number of benzene rings is 2. The molecule has 180 valence electrons. The van der Waals surface area contributed by atoms with Crippen molar-refractivity contribution < 1.29 is 44.3 Å². The Morgan fingerprint density at radius 3 is 1.58 bits per heavy atom. The Morgan fingerprint density at radius 1 is 0.697 bits per heavy atom. The lowest BCUT2D eigenvalue weighted by molar-refractivity contribution is -0.00978. The molecule has 0 aliphatic rings. The van der Waals surface area contributed by atoms with Gasteiger partial charge in [0.2, 0.25) is 0 Å². The predicted octanol–water partition coefficient (Wildman–Crippen LogP) is 1.64. The second kappa shape index (κ2) is 11.9. The molecule has 0 saturated heterocycles. The lowest BCUT2D eigenvalue weighted by Crippen LogP contribution is -2.38. The summed E-state index contributed by atoms with van der Waals surface area (Å²) in [7, 11) is -7.98. The molecular formula is C21H24O10S2. The van der Waals surface area contributed by atoms with Gasteiger partial charge in [-0.25, -0.2) is 9.59 Å². The molecule has 0 radical (unpaired) electrons. The zero-order chi connectivity index (χ0) is 24.5. The minimum absolute atomic E-state index is 0.218. The quantitative estimate of drug-likeness (QED) is 0.312. The Kier molecular flexibility index (Phi) is 9.53.